The fourth-order valence-corrected chi connectivity index (χ4v) is 2.47. The van der Waals surface area contributed by atoms with Crippen molar-refractivity contribution in [3.8, 4) is 0 Å². The number of halogens is 4. The van der Waals surface area contributed by atoms with Crippen LogP contribution < -0.4 is 5.73 Å². The molecule has 0 radical (unpaired) electrons. The third-order valence-corrected chi connectivity index (χ3v) is 3.80. The van der Waals surface area contributed by atoms with Crippen molar-refractivity contribution in [3.63, 3.8) is 0 Å². The van der Waals surface area contributed by atoms with Crippen LogP contribution >= 0.6 is 11.6 Å². The molecule has 3 N–H and O–H groups in total. The third-order valence-electron chi connectivity index (χ3n) is 3.49. The van der Waals surface area contributed by atoms with Gasteiger partial charge in [0.1, 0.15) is 0 Å². The molecule has 0 aliphatic carbocycles. The largest absolute Gasteiger partial charge is 0.479 e. The number of hydrogen-bond donors (Lipinski definition) is 2. The van der Waals surface area contributed by atoms with E-state index in [-0.39, 0.29) is 23.6 Å². The van der Waals surface area contributed by atoms with Gasteiger partial charge in [0.05, 0.1) is 22.9 Å². The first kappa shape index (κ1) is 19.1. The minimum absolute atomic E-state index is 0.0205. The van der Waals surface area contributed by atoms with Gasteiger partial charge in [-0.05, 0) is 23.3 Å². The fraction of sp³-hybridized carbons (Fsp3) is 0.235. The number of benzene rings is 2. The standard InChI is InChI=1S/C17H15ClF3NO3/c18-13-7-11(6-12(15(13)22)17(19,20)21)8-14(16(23)24)25-9-10-4-2-1-3-5-10/h1-7,14H,8-9,22H2,(H,23,24)/t14-/m1/s1. The number of hydrogen-bond acceptors (Lipinski definition) is 3. The van der Waals surface area contributed by atoms with Crippen LogP contribution in [0.3, 0.4) is 0 Å². The quantitative estimate of drug-likeness (QED) is 0.746. The number of ether oxygens (including phenoxy) is 1. The molecular formula is C17H15ClF3NO3. The zero-order valence-electron chi connectivity index (χ0n) is 12.9. The van der Waals surface area contributed by atoms with Crippen molar-refractivity contribution < 1.29 is 27.8 Å². The van der Waals surface area contributed by atoms with Gasteiger partial charge in [-0.1, -0.05) is 41.9 Å². The molecule has 2 aromatic rings. The van der Waals surface area contributed by atoms with Gasteiger partial charge in [-0.2, -0.15) is 13.2 Å². The van der Waals surface area contributed by atoms with Crippen LogP contribution in [-0.4, -0.2) is 17.2 Å². The maximum absolute atomic E-state index is 13.0. The Morgan fingerprint density at radius 2 is 1.84 bits per heavy atom. The molecule has 2 aromatic carbocycles. The number of rotatable bonds is 6. The van der Waals surface area contributed by atoms with Crippen LogP contribution in [0.15, 0.2) is 42.5 Å². The Bertz CT molecular complexity index is 751. The molecule has 0 aromatic heterocycles. The van der Waals surface area contributed by atoms with Gasteiger partial charge < -0.3 is 15.6 Å². The van der Waals surface area contributed by atoms with E-state index < -0.39 is 29.5 Å². The van der Waals surface area contributed by atoms with E-state index in [1.807, 2.05) is 0 Å². The van der Waals surface area contributed by atoms with Gasteiger partial charge in [0.25, 0.3) is 0 Å². The number of nitrogen functional groups attached to an aromatic ring is 1. The summed E-state index contributed by atoms with van der Waals surface area (Å²) in [7, 11) is 0. The number of aliphatic carboxylic acids is 1. The molecule has 1 atom stereocenters. The van der Waals surface area contributed by atoms with Crippen molar-refractivity contribution in [1.29, 1.82) is 0 Å². The highest BCUT2D eigenvalue weighted by Crippen LogP contribution is 2.38. The van der Waals surface area contributed by atoms with Crippen molar-refractivity contribution >= 4 is 23.3 Å². The Labute approximate surface area is 147 Å². The first-order valence-corrected chi connectivity index (χ1v) is 7.59. The van der Waals surface area contributed by atoms with E-state index in [0.717, 1.165) is 11.6 Å². The zero-order chi connectivity index (χ0) is 18.6. The van der Waals surface area contributed by atoms with Crippen LogP contribution in [0.5, 0.6) is 0 Å². The number of nitrogens with two attached hydrogens (primary N) is 1. The van der Waals surface area contributed by atoms with E-state index in [4.69, 9.17) is 22.1 Å². The lowest BCUT2D eigenvalue weighted by atomic mass is 10.0. The smallest absolute Gasteiger partial charge is 0.418 e. The van der Waals surface area contributed by atoms with Gasteiger partial charge in [0.2, 0.25) is 0 Å². The highest BCUT2D eigenvalue weighted by molar-refractivity contribution is 6.33. The van der Waals surface area contributed by atoms with E-state index in [9.17, 15) is 23.1 Å². The maximum Gasteiger partial charge on any atom is 0.418 e. The van der Waals surface area contributed by atoms with E-state index in [0.29, 0.717) is 0 Å². The maximum atomic E-state index is 13.0. The molecule has 0 amide bonds. The molecule has 0 saturated heterocycles. The topological polar surface area (TPSA) is 72.5 Å². The second kappa shape index (κ2) is 7.76. The first-order valence-electron chi connectivity index (χ1n) is 7.22. The zero-order valence-corrected chi connectivity index (χ0v) is 13.6. The third kappa shape index (κ3) is 5.11. The van der Waals surface area contributed by atoms with Crippen LogP contribution in [0.4, 0.5) is 18.9 Å². The molecule has 0 spiro atoms. The molecule has 0 fully saturated rings. The normalized spacial score (nSPS) is 12.8. The predicted molar refractivity (Wildman–Crippen MR) is 87.2 cm³/mol. The van der Waals surface area contributed by atoms with E-state index in [2.05, 4.69) is 0 Å². The van der Waals surface area contributed by atoms with E-state index >= 15 is 0 Å². The SMILES string of the molecule is Nc1c(Cl)cc(C[C@@H](OCc2ccccc2)C(=O)O)cc1C(F)(F)F. The van der Waals surface area contributed by atoms with Crippen LogP contribution in [0.1, 0.15) is 16.7 Å². The molecule has 0 heterocycles. The molecule has 0 saturated carbocycles. The highest BCUT2D eigenvalue weighted by Gasteiger charge is 2.34. The summed E-state index contributed by atoms with van der Waals surface area (Å²) in [6, 6.07) is 10.8. The van der Waals surface area contributed by atoms with Gasteiger partial charge in [-0.15, -0.1) is 0 Å². The summed E-state index contributed by atoms with van der Waals surface area (Å²) in [5, 5.41) is 8.98. The lowest BCUT2D eigenvalue weighted by molar-refractivity contribution is -0.151. The second-order valence-electron chi connectivity index (χ2n) is 5.36. The van der Waals surface area contributed by atoms with Crippen molar-refractivity contribution in [1.82, 2.24) is 0 Å². The summed E-state index contributed by atoms with van der Waals surface area (Å²) >= 11 is 5.75. The Morgan fingerprint density at radius 1 is 1.20 bits per heavy atom. The molecule has 25 heavy (non-hydrogen) atoms. The summed E-state index contributed by atoms with van der Waals surface area (Å²) in [6.07, 6.45) is -6.28. The Morgan fingerprint density at radius 3 is 2.40 bits per heavy atom. The van der Waals surface area contributed by atoms with E-state index in [1.165, 1.54) is 6.07 Å². The Kier molecular flexibility index (Phi) is 5.92. The van der Waals surface area contributed by atoms with Gasteiger partial charge in [0.15, 0.2) is 6.10 Å². The van der Waals surface area contributed by atoms with Gasteiger partial charge in [-0.3, -0.25) is 0 Å². The molecule has 4 nitrogen and oxygen atoms in total. The summed E-state index contributed by atoms with van der Waals surface area (Å²) in [4.78, 5) is 11.4. The molecule has 0 aliphatic heterocycles. The minimum atomic E-state index is -4.69. The molecule has 0 aliphatic rings. The minimum Gasteiger partial charge on any atom is -0.479 e. The van der Waals surface area contributed by atoms with Crippen LogP contribution in [-0.2, 0) is 28.7 Å². The van der Waals surface area contributed by atoms with Crippen LogP contribution in [0.2, 0.25) is 5.02 Å². The molecular weight excluding hydrogens is 359 g/mol. The number of alkyl halides is 3. The average molecular weight is 374 g/mol. The number of carboxylic acids is 1. The lowest BCUT2D eigenvalue weighted by Crippen LogP contribution is -2.26. The predicted octanol–water partition coefficient (Wildman–Crippen LogP) is 4.15. The molecule has 134 valence electrons. The monoisotopic (exact) mass is 373 g/mol. The van der Waals surface area contributed by atoms with Crippen LogP contribution in [0, 0.1) is 0 Å². The summed E-state index contributed by atoms with van der Waals surface area (Å²) in [6.45, 7) is 0.0205. The van der Waals surface area contributed by atoms with Crippen molar-refractivity contribution in [2.24, 2.45) is 0 Å². The molecule has 8 heteroatoms. The first-order chi connectivity index (χ1) is 11.7. The fourth-order valence-electron chi connectivity index (χ4n) is 2.23. The molecule has 0 unspecified atom stereocenters. The Hall–Kier alpha value is -2.25. The number of anilines is 1. The summed E-state index contributed by atoms with van der Waals surface area (Å²) in [5.74, 6) is -1.28. The molecule has 0 bridgehead atoms. The average Bonchev–Trinajstić information content (AvgIpc) is 2.54. The summed E-state index contributed by atoms with van der Waals surface area (Å²) < 4.78 is 44.3. The van der Waals surface area contributed by atoms with E-state index in [1.54, 1.807) is 30.3 Å². The lowest BCUT2D eigenvalue weighted by Gasteiger charge is -2.17. The van der Waals surface area contributed by atoms with Crippen LogP contribution in [0.25, 0.3) is 0 Å². The van der Waals surface area contributed by atoms with Gasteiger partial charge >= 0.3 is 12.1 Å². The van der Waals surface area contributed by atoms with Crippen molar-refractivity contribution in [2.45, 2.75) is 25.3 Å². The summed E-state index contributed by atoms with van der Waals surface area (Å²) in [5.41, 5.74) is 4.51. The van der Waals surface area contributed by atoms with Gasteiger partial charge in [-0.25, -0.2) is 4.79 Å². The second-order valence-corrected chi connectivity index (χ2v) is 5.77. The van der Waals surface area contributed by atoms with Crippen molar-refractivity contribution in [2.75, 3.05) is 5.73 Å². The number of carbonyl (C=O) groups is 1. The highest BCUT2D eigenvalue weighted by atomic mass is 35.5. The van der Waals surface area contributed by atoms with Gasteiger partial charge in [0, 0.05) is 6.42 Å². The molecule has 2 rings (SSSR count). The Balaban J connectivity index is 2.19. The number of carboxylic acid groups (broad SMARTS) is 1. The van der Waals surface area contributed by atoms with Crippen molar-refractivity contribution in [3.05, 3.63) is 64.2 Å².